The topological polar surface area (TPSA) is 49.3 Å². The van der Waals surface area contributed by atoms with Crippen LogP contribution >= 0.6 is 0 Å². The van der Waals surface area contributed by atoms with E-state index >= 15 is 0 Å². The van der Waals surface area contributed by atoms with Gasteiger partial charge in [0, 0.05) is 22.4 Å². The van der Waals surface area contributed by atoms with E-state index in [9.17, 15) is 4.21 Å². The van der Waals surface area contributed by atoms with Crippen molar-refractivity contribution in [3.63, 3.8) is 0 Å². The summed E-state index contributed by atoms with van der Waals surface area (Å²) in [5.74, 6) is 0.596. The smallest absolute Gasteiger partial charge is 0.235 e. The van der Waals surface area contributed by atoms with Crippen LogP contribution in [0.25, 0.3) is 33.6 Å². The number of anilines is 6. The number of benzene rings is 8. The van der Waals surface area contributed by atoms with Crippen molar-refractivity contribution < 1.29 is 4.21 Å². The van der Waals surface area contributed by atoms with E-state index < -0.39 is 16.2 Å². The van der Waals surface area contributed by atoms with Gasteiger partial charge in [-0.3, -0.25) is 4.90 Å². The van der Waals surface area contributed by atoms with E-state index in [0.717, 1.165) is 88.6 Å². The van der Waals surface area contributed by atoms with Crippen molar-refractivity contribution in [3.8, 4) is 33.6 Å². The first-order valence-corrected chi connectivity index (χ1v) is 21.0. The fourth-order valence-electron chi connectivity index (χ4n) is 9.68. The highest BCUT2D eigenvalue weighted by molar-refractivity contribution is 7.85. The number of nitrogens with zero attached hydrogens (tertiary/aromatic N) is 4. The van der Waals surface area contributed by atoms with Gasteiger partial charge in [-0.1, -0.05) is 158 Å². The third kappa shape index (κ3) is 4.81. The zero-order valence-electron chi connectivity index (χ0n) is 31.7. The predicted molar refractivity (Wildman–Crippen MR) is 238 cm³/mol. The Kier molecular flexibility index (Phi) is 7.46. The summed E-state index contributed by atoms with van der Waals surface area (Å²) < 4.78 is 14.7. The highest BCUT2D eigenvalue weighted by Gasteiger charge is 2.53. The molecule has 1 spiro atoms. The maximum atomic E-state index is 14.7. The Morgan fingerprint density at radius 2 is 0.932 bits per heavy atom. The van der Waals surface area contributed by atoms with Crippen molar-refractivity contribution in [1.82, 2.24) is 9.97 Å². The van der Waals surface area contributed by atoms with Gasteiger partial charge in [0.1, 0.15) is 0 Å². The molecule has 1 aliphatic carbocycles. The lowest BCUT2D eigenvalue weighted by Crippen LogP contribution is -2.36. The number of rotatable bonds is 4. The van der Waals surface area contributed by atoms with Crippen molar-refractivity contribution in [2.24, 2.45) is 0 Å². The Balaban J connectivity index is 1.16. The van der Waals surface area contributed by atoms with Gasteiger partial charge in [-0.15, -0.1) is 0 Å². The minimum atomic E-state index is -1.39. The van der Waals surface area contributed by atoms with Crippen LogP contribution in [-0.2, 0) is 16.2 Å². The van der Waals surface area contributed by atoms with E-state index in [4.69, 9.17) is 9.97 Å². The highest BCUT2D eigenvalue weighted by Crippen LogP contribution is 2.66. The van der Waals surface area contributed by atoms with Crippen LogP contribution in [0.5, 0.6) is 0 Å². The van der Waals surface area contributed by atoms with Crippen LogP contribution in [0.1, 0.15) is 22.3 Å². The summed E-state index contributed by atoms with van der Waals surface area (Å²) in [6.07, 6.45) is 0. The van der Waals surface area contributed by atoms with Crippen molar-refractivity contribution in [3.05, 3.63) is 229 Å². The zero-order valence-corrected chi connectivity index (χ0v) is 32.6. The first kappa shape index (κ1) is 33.7. The third-order valence-corrected chi connectivity index (χ3v) is 13.5. The average Bonchev–Trinajstić information content (AvgIpc) is 3.61. The lowest BCUT2D eigenvalue weighted by molar-refractivity contribution is 0.682. The van der Waals surface area contributed by atoms with Crippen molar-refractivity contribution in [2.75, 3.05) is 9.80 Å². The number of hydrogen-bond acceptors (Lipinski definition) is 5. The summed E-state index contributed by atoms with van der Waals surface area (Å²) in [6, 6.07) is 71.9. The molecule has 0 radical (unpaired) electrons. The summed E-state index contributed by atoms with van der Waals surface area (Å²) >= 11 is 0. The second kappa shape index (κ2) is 13.1. The molecular weight excluding hydrogens is 741 g/mol. The van der Waals surface area contributed by atoms with Gasteiger partial charge in [0.2, 0.25) is 5.95 Å². The van der Waals surface area contributed by atoms with Crippen molar-refractivity contribution >= 4 is 45.2 Å². The van der Waals surface area contributed by atoms with Crippen molar-refractivity contribution in [1.29, 1.82) is 0 Å². The fraction of sp³-hybridized carbons (Fsp3) is 0.0189. The highest BCUT2D eigenvalue weighted by atomic mass is 32.2. The van der Waals surface area contributed by atoms with Gasteiger partial charge in [0.25, 0.3) is 0 Å². The number of hydrogen-bond donors (Lipinski definition) is 0. The van der Waals surface area contributed by atoms with Gasteiger partial charge >= 0.3 is 0 Å². The van der Waals surface area contributed by atoms with Gasteiger partial charge in [-0.25, -0.2) is 14.2 Å². The summed E-state index contributed by atoms with van der Waals surface area (Å²) in [5.41, 5.74) is 14.8. The molecule has 0 fully saturated rings. The molecule has 0 saturated carbocycles. The normalized spacial score (nSPS) is 15.1. The van der Waals surface area contributed by atoms with E-state index in [1.807, 2.05) is 36.4 Å². The monoisotopic (exact) mass is 774 g/mol. The first-order valence-electron chi connectivity index (χ1n) is 19.8. The van der Waals surface area contributed by atoms with Gasteiger partial charge in [0.05, 0.1) is 60.1 Å². The Bertz CT molecular complexity index is 3050. The molecule has 5 nitrogen and oxygen atoms in total. The quantitative estimate of drug-likeness (QED) is 0.178. The average molecular weight is 775 g/mol. The second-order valence-electron chi connectivity index (χ2n) is 15.1. The number of para-hydroxylation sites is 4. The molecule has 0 N–H and O–H groups in total. The second-order valence-corrected chi connectivity index (χ2v) is 16.5. The Morgan fingerprint density at radius 1 is 0.424 bits per heavy atom. The Hall–Kier alpha value is -7.41. The van der Waals surface area contributed by atoms with Gasteiger partial charge in [-0.2, -0.15) is 0 Å². The molecule has 0 bridgehead atoms. The van der Waals surface area contributed by atoms with Gasteiger partial charge in [0.15, 0.2) is 0 Å². The van der Waals surface area contributed by atoms with Gasteiger partial charge in [-0.05, 0) is 76.3 Å². The molecule has 2 aliphatic heterocycles. The first-order chi connectivity index (χ1) is 29.2. The molecule has 6 heteroatoms. The molecule has 3 heterocycles. The molecule has 59 heavy (non-hydrogen) atoms. The lowest BCUT2D eigenvalue weighted by Gasteiger charge is -2.44. The Morgan fingerprint density at radius 3 is 1.56 bits per heavy atom. The molecular formula is C53H34N4OS. The van der Waals surface area contributed by atoms with E-state index in [2.05, 4.69) is 180 Å². The maximum Gasteiger partial charge on any atom is 0.235 e. The van der Waals surface area contributed by atoms with E-state index in [1.54, 1.807) is 0 Å². The van der Waals surface area contributed by atoms with Crippen LogP contribution in [-0.4, -0.2) is 14.2 Å². The van der Waals surface area contributed by atoms with E-state index in [1.165, 1.54) is 5.56 Å². The fourth-order valence-corrected chi connectivity index (χ4v) is 11.0. The number of aromatic nitrogens is 2. The molecule has 9 aromatic rings. The molecule has 278 valence electrons. The summed E-state index contributed by atoms with van der Waals surface area (Å²) in [7, 11) is -1.39. The SMILES string of the molecule is O=S1c2ccccc2N(c2ccccc2)c2c1ccc1c2-c2ccccc2C12c1ccccc1N(c1nc(-c3ccccc3)cc(-c3ccccc3)n1)c1ccccc12. The van der Waals surface area contributed by atoms with E-state index in [-0.39, 0.29) is 0 Å². The van der Waals surface area contributed by atoms with Crippen LogP contribution in [0.2, 0.25) is 0 Å². The molecule has 1 atom stereocenters. The zero-order chi connectivity index (χ0) is 39.1. The van der Waals surface area contributed by atoms with Crippen LogP contribution in [0.3, 0.4) is 0 Å². The van der Waals surface area contributed by atoms with Crippen LogP contribution in [0, 0.1) is 0 Å². The van der Waals surface area contributed by atoms with Crippen LogP contribution < -0.4 is 9.80 Å². The van der Waals surface area contributed by atoms with Crippen molar-refractivity contribution in [2.45, 2.75) is 15.2 Å². The number of fused-ring (bicyclic) bond motifs is 12. The van der Waals surface area contributed by atoms with E-state index in [0.29, 0.717) is 5.95 Å². The minimum absolute atomic E-state index is 0.596. The summed E-state index contributed by atoms with van der Waals surface area (Å²) in [5, 5.41) is 0. The molecule has 1 aromatic heterocycles. The molecule has 3 aliphatic rings. The molecule has 0 saturated heterocycles. The molecule has 12 rings (SSSR count). The Labute approximate surface area is 345 Å². The largest absolute Gasteiger partial charge is 0.307 e. The maximum absolute atomic E-state index is 14.7. The van der Waals surface area contributed by atoms with Gasteiger partial charge < -0.3 is 4.90 Å². The standard InChI is InChI=1S/C53H34N4OS/c58-59-48-31-17-16-30-47(48)56(37-22-8-3-9-23-37)51-49(59)33-32-42-50(51)38-24-10-11-25-39(38)53(42)40-26-12-14-28-45(40)57(46-29-15-13-27-41(46)53)52-54-43(35-18-4-1-5-19-35)34-44(55-52)36-20-6-2-7-21-36/h1-34H. The van der Waals surface area contributed by atoms with Crippen LogP contribution in [0.4, 0.5) is 34.4 Å². The molecule has 0 amide bonds. The predicted octanol–water partition coefficient (Wildman–Crippen LogP) is 12.9. The summed E-state index contributed by atoms with van der Waals surface area (Å²) in [4.78, 5) is 16.9. The minimum Gasteiger partial charge on any atom is -0.307 e. The molecule has 8 aromatic carbocycles. The third-order valence-electron chi connectivity index (χ3n) is 12.0. The lowest BCUT2D eigenvalue weighted by atomic mass is 9.64. The molecule has 1 unspecified atom stereocenters. The van der Waals surface area contributed by atoms with Crippen LogP contribution in [0.15, 0.2) is 216 Å². The summed E-state index contributed by atoms with van der Waals surface area (Å²) in [6.45, 7) is 0.